The van der Waals surface area contributed by atoms with E-state index in [-0.39, 0.29) is 11.8 Å². The highest BCUT2D eigenvalue weighted by atomic mass is 16.5. The zero-order valence-corrected chi connectivity index (χ0v) is 8.67. The minimum atomic E-state index is -0.760. The Morgan fingerprint density at radius 3 is 2.57 bits per heavy atom. The Balaban J connectivity index is 2.39. The van der Waals surface area contributed by atoms with Gasteiger partial charge in [-0.3, -0.25) is 4.79 Å². The summed E-state index contributed by atoms with van der Waals surface area (Å²) in [6.45, 7) is 4.07. The lowest BCUT2D eigenvalue weighted by Crippen LogP contribution is -2.27. The second kappa shape index (κ2) is 3.62. The van der Waals surface area contributed by atoms with Gasteiger partial charge >= 0.3 is 5.97 Å². The van der Waals surface area contributed by atoms with Crippen molar-refractivity contribution in [1.82, 2.24) is 0 Å². The fourth-order valence-corrected chi connectivity index (χ4v) is 1.24. The zero-order valence-electron chi connectivity index (χ0n) is 8.67. The quantitative estimate of drug-likeness (QED) is 0.680. The van der Waals surface area contributed by atoms with Crippen molar-refractivity contribution in [3.8, 4) is 12.3 Å². The number of hydrogen-bond acceptors (Lipinski definition) is 2. The van der Waals surface area contributed by atoms with E-state index >= 15 is 0 Å². The van der Waals surface area contributed by atoms with Gasteiger partial charge in [0.1, 0.15) is 5.60 Å². The third-order valence-corrected chi connectivity index (χ3v) is 2.57. The predicted molar refractivity (Wildman–Crippen MR) is 52.8 cm³/mol. The number of rotatable bonds is 5. The smallest absolute Gasteiger partial charge is 0.303 e. The average molecular weight is 196 g/mol. The lowest BCUT2D eigenvalue weighted by molar-refractivity contribution is -0.139. The van der Waals surface area contributed by atoms with Gasteiger partial charge < -0.3 is 9.84 Å². The summed E-state index contributed by atoms with van der Waals surface area (Å²) in [5, 5.41) is 8.68. The molecule has 1 aliphatic carbocycles. The molecule has 0 bridgehead atoms. The standard InChI is InChI=1S/C11H16O3/c1-4-10(2,3)14-8-11(5-6-11)7-9(12)13/h1H,5-8H2,2-3H3,(H,12,13). The highest BCUT2D eigenvalue weighted by Gasteiger charge is 2.45. The molecule has 3 heteroatoms. The van der Waals surface area contributed by atoms with Gasteiger partial charge in [-0.2, -0.15) is 0 Å². The lowest BCUT2D eigenvalue weighted by Gasteiger charge is -2.22. The van der Waals surface area contributed by atoms with Crippen LogP contribution in [0.2, 0.25) is 0 Å². The molecule has 0 aliphatic heterocycles. The minimum absolute atomic E-state index is 0.139. The first kappa shape index (κ1) is 11.1. The van der Waals surface area contributed by atoms with E-state index in [4.69, 9.17) is 16.3 Å². The topological polar surface area (TPSA) is 46.5 Å². The second-order valence-electron chi connectivity index (χ2n) is 4.51. The highest BCUT2D eigenvalue weighted by molar-refractivity contribution is 5.68. The number of carbonyl (C=O) groups is 1. The van der Waals surface area contributed by atoms with Crippen molar-refractivity contribution in [2.24, 2.45) is 5.41 Å². The summed E-state index contributed by atoms with van der Waals surface area (Å²) in [4.78, 5) is 10.6. The molecule has 0 aromatic rings. The molecule has 0 aromatic heterocycles. The third kappa shape index (κ3) is 3.04. The molecule has 0 saturated heterocycles. The number of aliphatic carboxylic acids is 1. The van der Waals surface area contributed by atoms with E-state index in [1.807, 2.05) is 13.8 Å². The second-order valence-corrected chi connectivity index (χ2v) is 4.51. The van der Waals surface area contributed by atoms with Crippen LogP contribution in [0, 0.1) is 17.8 Å². The zero-order chi connectivity index (χ0) is 10.8. The van der Waals surface area contributed by atoms with Crippen LogP contribution in [0.4, 0.5) is 0 Å². The summed E-state index contributed by atoms with van der Waals surface area (Å²) in [6, 6.07) is 0. The molecular formula is C11H16O3. The molecule has 14 heavy (non-hydrogen) atoms. The van der Waals surface area contributed by atoms with Crippen molar-refractivity contribution in [2.45, 2.75) is 38.7 Å². The highest BCUT2D eigenvalue weighted by Crippen LogP contribution is 2.49. The van der Waals surface area contributed by atoms with E-state index in [1.165, 1.54) is 0 Å². The average Bonchev–Trinajstić information content (AvgIpc) is 2.82. The summed E-state index contributed by atoms with van der Waals surface area (Å²) in [5.41, 5.74) is -0.728. The Bertz CT molecular complexity index is 269. The van der Waals surface area contributed by atoms with Gasteiger partial charge in [0.15, 0.2) is 0 Å². The van der Waals surface area contributed by atoms with Crippen molar-refractivity contribution in [3.05, 3.63) is 0 Å². The van der Waals surface area contributed by atoms with Crippen molar-refractivity contribution in [3.63, 3.8) is 0 Å². The van der Waals surface area contributed by atoms with Crippen LogP contribution in [0.15, 0.2) is 0 Å². The number of hydrogen-bond donors (Lipinski definition) is 1. The lowest BCUT2D eigenvalue weighted by atomic mass is 10.0. The molecule has 0 heterocycles. The first-order valence-corrected chi connectivity index (χ1v) is 4.73. The number of carboxylic acids is 1. The largest absolute Gasteiger partial charge is 0.481 e. The van der Waals surface area contributed by atoms with E-state index in [2.05, 4.69) is 5.92 Å². The molecule has 1 rings (SSSR count). The molecule has 0 aromatic carbocycles. The number of ether oxygens (including phenoxy) is 1. The summed E-state index contributed by atoms with van der Waals surface area (Å²) in [5.74, 6) is 1.77. The van der Waals surface area contributed by atoms with Crippen LogP contribution in [-0.2, 0) is 9.53 Å². The van der Waals surface area contributed by atoms with Crippen LogP contribution in [0.1, 0.15) is 33.1 Å². The van der Waals surface area contributed by atoms with Crippen LogP contribution in [0.5, 0.6) is 0 Å². The first-order valence-electron chi connectivity index (χ1n) is 4.73. The molecule has 1 N–H and O–H groups in total. The molecule has 0 unspecified atom stereocenters. The van der Waals surface area contributed by atoms with Crippen molar-refractivity contribution >= 4 is 5.97 Å². The van der Waals surface area contributed by atoms with Gasteiger partial charge in [0.05, 0.1) is 13.0 Å². The van der Waals surface area contributed by atoms with Crippen LogP contribution in [0.25, 0.3) is 0 Å². The summed E-state index contributed by atoms with van der Waals surface area (Å²) >= 11 is 0. The van der Waals surface area contributed by atoms with Crippen molar-refractivity contribution in [1.29, 1.82) is 0 Å². The van der Waals surface area contributed by atoms with Gasteiger partial charge in [-0.15, -0.1) is 6.42 Å². The van der Waals surface area contributed by atoms with Crippen LogP contribution < -0.4 is 0 Å². The van der Waals surface area contributed by atoms with Crippen molar-refractivity contribution < 1.29 is 14.6 Å². The van der Waals surface area contributed by atoms with Crippen LogP contribution in [-0.4, -0.2) is 23.3 Å². The SMILES string of the molecule is C#CC(C)(C)OCC1(CC(=O)O)CC1. The molecule has 1 saturated carbocycles. The van der Waals surface area contributed by atoms with Gasteiger partial charge in [0.25, 0.3) is 0 Å². The summed E-state index contributed by atoms with van der Waals surface area (Å²) in [6.07, 6.45) is 7.32. The monoisotopic (exact) mass is 196 g/mol. The maximum absolute atomic E-state index is 10.6. The fourth-order valence-electron chi connectivity index (χ4n) is 1.24. The Kier molecular flexibility index (Phi) is 2.86. The van der Waals surface area contributed by atoms with E-state index in [0.29, 0.717) is 6.61 Å². The van der Waals surface area contributed by atoms with E-state index in [1.54, 1.807) is 0 Å². The van der Waals surface area contributed by atoms with Gasteiger partial charge in [-0.25, -0.2) is 0 Å². The van der Waals surface area contributed by atoms with Crippen LogP contribution >= 0.6 is 0 Å². The molecule has 0 spiro atoms. The predicted octanol–water partition coefficient (Wildman–Crippen LogP) is 1.67. The number of terminal acetylenes is 1. The van der Waals surface area contributed by atoms with E-state index < -0.39 is 11.6 Å². The molecule has 1 fully saturated rings. The van der Waals surface area contributed by atoms with Gasteiger partial charge in [-0.1, -0.05) is 5.92 Å². The Morgan fingerprint density at radius 2 is 2.21 bits per heavy atom. The van der Waals surface area contributed by atoms with Gasteiger partial charge in [0, 0.05) is 5.41 Å². The molecule has 0 amide bonds. The fraction of sp³-hybridized carbons (Fsp3) is 0.727. The molecule has 78 valence electrons. The summed E-state index contributed by atoms with van der Waals surface area (Å²) < 4.78 is 5.51. The van der Waals surface area contributed by atoms with Gasteiger partial charge in [-0.05, 0) is 26.7 Å². The first-order chi connectivity index (χ1) is 6.39. The van der Waals surface area contributed by atoms with Crippen molar-refractivity contribution in [2.75, 3.05) is 6.61 Å². The summed E-state index contributed by atoms with van der Waals surface area (Å²) in [7, 11) is 0. The Hall–Kier alpha value is -1.01. The molecule has 1 aliphatic rings. The van der Waals surface area contributed by atoms with Gasteiger partial charge in [0.2, 0.25) is 0 Å². The molecule has 3 nitrogen and oxygen atoms in total. The number of carboxylic acid groups (broad SMARTS) is 1. The molecule has 0 radical (unpaired) electrons. The maximum Gasteiger partial charge on any atom is 0.303 e. The molecule has 0 atom stereocenters. The molecular weight excluding hydrogens is 180 g/mol. The third-order valence-electron chi connectivity index (χ3n) is 2.57. The Labute approximate surface area is 84.5 Å². The normalized spacial score (nSPS) is 18.6. The maximum atomic E-state index is 10.6. The van der Waals surface area contributed by atoms with Crippen LogP contribution in [0.3, 0.4) is 0 Å². The Morgan fingerprint density at radius 1 is 1.64 bits per heavy atom. The minimum Gasteiger partial charge on any atom is -0.481 e. The van der Waals surface area contributed by atoms with E-state index in [9.17, 15) is 4.79 Å². The van der Waals surface area contributed by atoms with E-state index in [0.717, 1.165) is 12.8 Å².